The van der Waals surface area contributed by atoms with E-state index < -0.39 is 5.63 Å². The fourth-order valence-corrected chi connectivity index (χ4v) is 3.51. The third kappa shape index (κ3) is 3.67. The second kappa shape index (κ2) is 7.31. The molecule has 2 aromatic carbocycles. The standard InChI is InChI=1S/C22H20N2O4/c1-14-10-21(26)28-19-12-17(7-8-18(14)19)23-22(27)16-5-2-4-15(11-16)13-24-9-3-6-20(24)25/h2,4-5,7-8,10-12H,3,6,9,13H2,1H3,(H,23,27). The average molecular weight is 376 g/mol. The van der Waals surface area contributed by atoms with E-state index in [9.17, 15) is 14.4 Å². The van der Waals surface area contributed by atoms with Crippen LogP contribution in [-0.4, -0.2) is 23.3 Å². The molecule has 0 unspecified atom stereocenters. The molecule has 1 aliphatic heterocycles. The van der Waals surface area contributed by atoms with Crippen molar-refractivity contribution in [2.45, 2.75) is 26.3 Å². The number of aryl methyl sites for hydroxylation is 1. The zero-order chi connectivity index (χ0) is 19.7. The van der Waals surface area contributed by atoms with E-state index in [1.165, 1.54) is 6.07 Å². The average Bonchev–Trinajstić information content (AvgIpc) is 3.06. The Labute approximate surface area is 161 Å². The summed E-state index contributed by atoms with van der Waals surface area (Å²) in [6, 6.07) is 13.9. The van der Waals surface area contributed by atoms with Gasteiger partial charge in [-0.05, 0) is 48.7 Å². The Morgan fingerprint density at radius 2 is 2.00 bits per heavy atom. The van der Waals surface area contributed by atoms with Crippen molar-refractivity contribution in [1.29, 1.82) is 0 Å². The zero-order valence-electron chi connectivity index (χ0n) is 15.5. The molecule has 1 saturated heterocycles. The van der Waals surface area contributed by atoms with Gasteiger partial charge in [0.15, 0.2) is 0 Å². The van der Waals surface area contributed by atoms with Crippen LogP contribution in [0.5, 0.6) is 0 Å². The quantitative estimate of drug-likeness (QED) is 0.707. The first-order chi connectivity index (χ1) is 13.5. The molecule has 1 N–H and O–H groups in total. The van der Waals surface area contributed by atoms with E-state index >= 15 is 0 Å². The molecule has 0 atom stereocenters. The number of hydrogen-bond acceptors (Lipinski definition) is 4. The SMILES string of the molecule is Cc1cc(=O)oc2cc(NC(=O)c3cccc(CN4CCCC4=O)c3)ccc12. The van der Waals surface area contributed by atoms with Gasteiger partial charge in [0.25, 0.3) is 5.91 Å². The third-order valence-corrected chi connectivity index (χ3v) is 4.94. The molecule has 1 fully saturated rings. The topological polar surface area (TPSA) is 79.6 Å². The van der Waals surface area contributed by atoms with Gasteiger partial charge in [-0.2, -0.15) is 0 Å². The Morgan fingerprint density at radius 1 is 1.14 bits per heavy atom. The lowest BCUT2D eigenvalue weighted by Gasteiger charge is -2.16. The van der Waals surface area contributed by atoms with Gasteiger partial charge in [0.1, 0.15) is 5.58 Å². The number of fused-ring (bicyclic) bond motifs is 1. The van der Waals surface area contributed by atoms with Crippen molar-refractivity contribution in [2.75, 3.05) is 11.9 Å². The minimum atomic E-state index is -0.419. The molecule has 0 aliphatic carbocycles. The molecule has 6 heteroatoms. The first kappa shape index (κ1) is 18.0. The Bertz CT molecular complexity index is 1130. The molecule has 1 aromatic heterocycles. The number of likely N-dealkylation sites (tertiary alicyclic amines) is 1. The monoisotopic (exact) mass is 376 g/mol. The third-order valence-electron chi connectivity index (χ3n) is 4.94. The molecular weight excluding hydrogens is 356 g/mol. The lowest BCUT2D eigenvalue weighted by molar-refractivity contribution is -0.128. The van der Waals surface area contributed by atoms with Crippen LogP contribution in [0.4, 0.5) is 5.69 Å². The van der Waals surface area contributed by atoms with E-state index in [1.807, 2.05) is 30.0 Å². The van der Waals surface area contributed by atoms with Crippen molar-refractivity contribution in [3.8, 4) is 0 Å². The van der Waals surface area contributed by atoms with E-state index in [2.05, 4.69) is 5.32 Å². The van der Waals surface area contributed by atoms with Gasteiger partial charge in [0.2, 0.25) is 5.91 Å². The lowest BCUT2D eigenvalue weighted by Crippen LogP contribution is -2.24. The van der Waals surface area contributed by atoms with Crippen LogP contribution in [0, 0.1) is 6.92 Å². The maximum absolute atomic E-state index is 12.7. The van der Waals surface area contributed by atoms with Gasteiger partial charge >= 0.3 is 5.63 Å². The smallest absolute Gasteiger partial charge is 0.336 e. The van der Waals surface area contributed by atoms with Crippen LogP contribution in [0.15, 0.2) is 57.7 Å². The van der Waals surface area contributed by atoms with Gasteiger partial charge in [0.05, 0.1) is 0 Å². The highest BCUT2D eigenvalue weighted by atomic mass is 16.4. The predicted molar refractivity (Wildman–Crippen MR) is 106 cm³/mol. The summed E-state index contributed by atoms with van der Waals surface area (Å²) in [5.74, 6) is -0.105. The lowest BCUT2D eigenvalue weighted by atomic mass is 10.1. The molecule has 4 rings (SSSR count). The first-order valence-electron chi connectivity index (χ1n) is 9.22. The van der Waals surface area contributed by atoms with Crippen molar-refractivity contribution in [3.05, 3.63) is 75.6 Å². The molecule has 2 amide bonds. The highest BCUT2D eigenvalue weighted by molar-refractivity contribution is 6.05. The van der Waals surface area contributed by atoms with Crippen LogP contribution >= 0.6 is 0 Å². The number of carbonyl (C=O) groups is 2. The Balaban J connectivity index is 1.53. The second-order valence-corrected chi connectivity index (χ2v) is 7.03. The van der Waals surface area contributed by atoms with Gasteiger partial charge in [-0.3, -0.25) is 9.59 Å². The summed E-state index contributed by atoms with van der Waals surface area (Å²) in [5.41, 5.74) is 2.82. The first-order valence-corrected chi connectivity index (χ1v) is 9.22. The number of carbonyl (C=O) groups excluding carboxylic acids is 2. The van der Waals surface area contributed by atoms with Crippen LogP contribution in [0.1, 0.15) is 34.3 Å². The fourth-order valence-electron chi connectivity index (χ4n) is 3.51. The number of benzene rings is 2. The van der Waals surface area contributed by atoms with Crippen LogP contribution in [-0.2, 0) is 11.3 Å². The number of amides is 2. The molecule has 28 heavy (non-hydrogen) atoms. The molecule has 0 saturated carbocycles. The van der Waals surface area contributed by atoms with Crippen LogP contribution in [0.3, 0.4) is 0 Å². The summed E-state index contributed by atoms with van der Waals surface area (Å²) < 4.78 is 5.23. The van der Waals surface area contributed by atoms with E-state index in [0.717, 1.165) is 29.5 Å². The Hall–Kier alpha value is -3.41. The van der Waals surface area contributed by atoms with E-state index in [-0.39, 0.29) is 11.8 Å². The number of nitrogens with zero attached hydrogens (tertiary/aromatic N) is 1. The second-order valence-electron chi connectivity index (χ2n) is 7.03. The molecule has 3 aromatic rings. The normalized spacial score (nSPS) is 13.9. The summed E-state index contributed by atoms with van der Waals surface area (Å²) in [6.45, 7) is 3.12. The number of rotatable bonds is 4. The molecule has 0 spiro atoms. The van der Waals surface area contributed by atoms with Crippen molar-refractivity contribution < 1.29 is 14.0 Å². The summed E-state index contributed by atoms with van der Waals surface area (Å²) in [7, 11) is 0. The largest absolute Gasteiger partial charge is 0.423 e. The number of hydrogen-bond donors (Lipinski definition) is 1. The van der Waals surface area contributed by atoms with Gasteiger partial charge in [-0.1, -0.05) is 12.1 Å². The fraction of sp³-hybridized carbons (Fsp3) is 0.227. The molecule has 0 radical (unpaired) electrons. The Morgan fingerprint density at radius 3 is 2.79 bits per heavy atom. The maximum atomic E-state index is 12.7. The van der Waals surface area contributed by atoms with Crippen molar-refractivity contribution in [3.63, 3.8) is 0 Å². The Kier molecular flexibility index (Phi) is 4.69. The van der Waals surface area contributed by atoms with Crippen LogP contribution < -0.4 is 10.9 Å². The highest BCUT2D eigenvalue weighted by Gasteiger charge is 2.20. The molecule has 142 valence electrons. The molecule has 0 bridgehead atoms. The van der Waals surface area contributed by atoms with Crippen molar-refractivity contribution >= 4 is 28.5 Å². The van der Waals surface area contributed by atoms with Crippen LogP contribution in [0.2, 0.25) is 0 Å². The predicted octanol–water partition coefficient (Wildman–Crippen LogP) is 3.48. The van der Waals surface area contributed by atoms with E-state index in [0.29, 0.717) is 29.8 Å². The van der Waals surface area contributed by atoms with Crippen molar-refractivity contribution in [2.24, 2.45) is 0 Å². The summed E-state index contributed by atoms with van der Waals surface area (Å²) >= 11 is 0. The minimum absolute atomic E-state index is 0.155. The van der Waals surface area contributed by atoms with Crippen molar-refractivity contribution in [1.82, 2.24) is 4.90 Å². The molecule has 1 aliphatic rings. The molecule has 2 heterocycles. The molecular formula is C22H20N2O4. The van der Waals surface area contributed by atoms with E-state index in [4.69, 9.17) is 4.42 Å². The summed E-state index contributed by atoms with van der Waals surface area (Å²) in [6.07, 6.45) is 1.48. The van der Waals surface area contributed by atoms with Gasteiger partial charge in [-0.25, -0.2) is 4.79 Å². The number of nitrogens with one attached hydrogen (secondary N) is 1. The number of anilines is 1. The zero-order valence-corrected chi connectivity index (χ0v) is 15.5. The van der Waals surface area contributed by atoms with Gasteiger partial charge < -0.3 is 14.6 Å². The van der Waals surface area contributed by atoms with Gasteiger partial charge in [-0.15, -0.1) is 0 Å². The van der Waals surface area contributed by atoms with E-state index in [1.54, 1.807) is 24.3 Å². The maximum Gasteiger partial charge on any atom is 0.336 e. The minimum Gasteiger partial charge on any atom is -0.423 e. The van der Waals surface area contributed by atoms with Gasteiger partial charge in [0, 0.05) is 48.3 Å². The summed E-state index contributed by atoms with van der Waals surface area (Å²) in [5, 5.41) is 3.67. The van der Waals surface area contributed by atoms with Crippen LogP contribution in [0.25, 0.3) is 11.0 Å². The molecule has 6 nitrogen and oxygen atoms in total. The highest BCUT2D eigenvalue weighted by Crippen LogP contribution is 2.21. The summed E-state index contributed by atoms with van der Waals surface area (Å²) in [4.78, 5) is 37.9.